The minimum Gasteiger partial charge on any atom is -0.394 e. The highest BCUT2D eigenvalue weighted by Gasteiger charge is 2.24. The third-order valence-corrected chi connectivity index (χ3v) is 4.04. The molecule has 2 unspecified atom stereocenters. The lowest BCUT2D eigenvalue weighted by Gasteiger charge is -2.35. The van der Waals surface area contributed by atoms with Crippen molar-refractivity contribution in [1.29, 1.82) is 0 Å². The van der Waals surface area contributed by atoms with E-state index >= 15 is 0 Å². The molecular formula is C13H25N5. The molecule has 2 rings (SSSR count). The lowest BCUT2D eigenvalue weighted by atomic mass is 9.99. The first-order valence-corrected chi connectivity index (χ1v) is 6.81. The second kappa shape index (κ2) is 5.18. The van der Waals surface area contributed by atoms with Crippen LogP contribution in [0.4, 0.5) is 11.5 Å². The van der Waals surface area contributed by atoms with Gasteiger partial charge in [0.15, 0.2) is 0 Å². The van der Waals surface area contributed by atoms with Crippen LogP contribution in [0.3, 0.4) is 0 Å². The van der Waals surface area contributed by atoms with Crippen LogP contribution < -0.4 is 11.1 Å². The molecule has 2 heterocycles. The van der Waals surface area contributed by atoms with Crippen LogP contribution in [0.5, 0.6) is 0 Å². The van der Waals surface area contributed by atoms with Crippen LogP contribution in [0.1, 0.15) is 32.4 Å². The summed E-state index contributed by atoms with van der Waals surface area (Å²) in [6.07, 6.45) is 3.20. The zero-order valence-corrected chi connectivity index (χ0v) is 11.9. The Bertz CT molecular complexity index is 412. The monoisotopic (exact) mass is 251 g/mol. The van der Waals surface area contributed by atoms with Crippen molar-refractivity contribution < 1.29 is 0 Å². The average molecular weight is 251 g/mol. The average Bonchev–Trinajstić information content (AvgIpc) is 2.61. The number of nitrogens with zero attached hydrogens (tertiary/aromatic N) is 3. The second-order valence-corrected chi connectivity index (χ2v) is 5.38. The summed E-state index contributed by atoms with van der Waals surface area (Å²) in [7, 11) is 4.14. The van der Waals surface area contributed by atoms with Crippen LogP contribution >= 0.6 is 0 Å². The van der Waals surface area contributed by atoms with Crippen LogP contribution in [-0.4, -0.2) is 40.4 Å². The van der Waals surface area contributed by atoms with Crippen LogP contribution in [0.2, 0.25) is 0 Å². The molecule has 2 atom stereocenters. The van der Waals surface area contributed by atoms with E-state index in [9.17, 15) is 0 Å². The number of aryl methyl sites for hydroxylation is 2. The van der Waals surface area contributed by atoms with Gasteiger partial charge in [-0.15, -0.1) is 0 Å². The van der Waals surface area contributed by atoms with E-state index in [-0.39, 0.29) is 0 Å². The van der Waals surface area contributed by atoms with E-state index in [4.69, 9.17) is 5.73 Å². The molecule has 5 nitrogen and oxygen atoms in total. The van der Waals surface area contributed by atoms with Crippen molar-refractivity contribution >= 4 is 11.5 Å². The Morgan fingerprint density at radius 3 is 2.72 bits per heavy atom. The maximum Gasteiger partial charge on any atom is 0.147 e. The maximum atomic E-state index is 6.14. The van der Waals surface area contributed by atoms with Crippen molar-refractivity contribution in [1.82, 2.24) is 14.7 Å². The molecule has 0 aromatic carbocycles. The minimum atomic E-state index is 0.499. The molecule has 18 heavy (non-hydrogen) atoms. The third-order valence-electron chi connectivity index (χ3n) is 4.04. The molecule has 1 fully saturated rings. The molecular weight excluding hydrogens is 226 g/mol. The van der Waals surface area contributed by atoms with Gasteiger partial charge in [-0.2, -0.15) is 5.10 Å². The summed E-state index contributed by atoms with van der Waals surface area (Å²) in [6, 6.07) is 1.12. The zero-order valence-electron chi connectivity index (χ0n) is 11.9. The van der Waals surface area contributed by atoms with Gasteiger partial charge >= 0.3 is 0 Å². The number of anilines is 2. The van der Waals surface area contributed by atoms with E-state index in [1.54, 1.807) is 0 Å². The van der Waals surface area contributed by atoms with Crippen molar-refractivity contribution in [3.63, 3.8) is 0 Å². The Kier molecular flexibility index (Phi) is 3.80. The molecule has 1 aliphatic rings. The van der Waals surface area contributed by atoms with Gasteiger partial charge in [-0.25, -0.2) is 0 Å². The van der Waals surface area contributed by atoms with Gasteiger partial charge < -0.3 is 16.0 Å². The number of hydrogen-bond donors (Lipinski definition) is 2. The van der Waals surface area contributed by atoms with E-state index in [0.29, 0.717) is 12.1 Å². The van der Waals surface area contributed by atoms with Crippen molar-refractivity contribution in [2.24, 2.45) is 7.05 Å². The summed E-state index contributed by atoms with van der Waals surface area (Å²) in [5.41, 5.74) is 7.94. The van der Waals surface area contributed by atoms with Gasteiger partial charge in [-0.3, -0.25) is 4.68 Å². The predicted octanol–water partition coefficient (Wildman–Crippen LogP) is 1.46. The van der Waals surface area contributed by atoms with Crippen molar-refractivity contribution in [2.75, 3.05) is 24.6 Å². The molecule has 0 spiro atoms. The molecule has 1 aliphatic heterocycles. The number of nitrogen functional groups attached to an aromatic ring is 1. The summed E-state index contributed by atoms with van der Waals surface area (Å²) in [6.45, 7) is 5.50. The third kappa shape index (κ3) is 2.46. The fourth-order valence-corrected chi connectivity index (χ4v) is 2.64. The maximum absolute atomic E-state index is 6.14. The number of piperidine rings is 1. The Morgan fingerprint density at radius 1 is 1.44 bits per heavy atom. The molecule has 0 saturated carbocycles. The topological polar surface area (TPSA) is 59.1 Å². The van der Waals surface area contributed by atoms with Gasteiger partial charge in [0.2, 0.25) is 0 Å². The first-order valence-electron chi connectivity index (χ1n) is 6.81. The van der Waals surface area contributed by atoms with E-state index < -0.39 is 0 Å². The van der Waals surface area contributed by atoms with Gasteiger partial charge in [-0.1, -0.05) is 6.92 Å². The number of aromatic nitrogens is 2. The summed E-state index contributed by atoms with van der Waals surface area (Å²) in [4.78, 5) is 2.41. The Hall–Kier alpha value is -1.23. The Labute approximate surface area is 109 Å². The molecule has 0 aliphatic carbocycles. The number of likely N-dealkylation sites (tertiary alicyclic amines) is 1. The van der Waals surface area contributed by atoms with Crippen LogP contribution in [0, 0.1) is 0 Å². The molecule has 3 N–H and O–H groups in total. The molecule has 1 saturated heterocycles. The van der Waals surface area contributed by atoms with E-state index in [0.717, 1.165) is 43.0 Å². The van der Waals surface area contributed by atoms with E-state index in [1.165, 1.54) is 0 Å². The summed E-state index contributed by atoms with van der Waals surface area (Å²) >= 11 is 0. The number of rotatable bonds is 3. The van der Waals surface area contributed by atoms with E-state index in [2.05, 4.69) is 36.2 Å². The highest BCUT2D eigenvalue weighted by molar-refractivity contribution is 5.65. The SMILES string of the molecule is CCc1nn(C)c(NC2CCN(C)C(C)C2)c1N. The number of hydrogen-bond acceptors (Lipinski definition) is 4. The van der Waals surface area contributed by atoms with Crippen molar-refractivity contribution in [3.05, 3.63) is 5.69 Å². The lowest BCUT2D eigenvalue weighted by molar-refractivity contribution is 0.190. The summed E-state index contributed by atoms with van der Waals surface area (Å²) in [5, 5.41) is 8.02. The standard InChI is InChI=1S/C13H25N5/c1-5-11-12(14)13(18(4)16-11)15-10-6-7-17(3)9(2)8-10/h9-10,15H,5-8,14H2,1-4H3. The van der Waals surface area contributed by atoms with Gasteiger partial charge in [0, 0.05) is 25.7 Å². The van der Waals surface area contributed by atoms with Crippen molar-refractivity contribution in [2.45, 2.75) is 45.2 Å². The fourth-order valence-electron chi connectivity index (χ4n) is 2.64. The second-order valence-electron chi connectivity index (χ2n) is 5.38. The van der Waals surface area contributed by atoms with E-state index in [1.807, 2.05) is 11.7 Å². The highest BCUT2D eigenvalue weighted by atomic mass is 15.3. The lowest BCUT2D eigenvalue weighted by Crippen LogP contribution is -2.42. The van der Waals surface area contributed by atoms with Crippen LogP contribution in [0.15, 0.2) is 0 Å². The minimum absolute atomic E-state index is 0.499. The van der Waals surface area contributed by atoms with Gasteiger partial charge in [0.1, 0.15) is 5.82 Å². The molecule has 1 aromatic heterocycles. The summed E-state index contributed by atoms with van der Waals surface area (Å²) in [5.74, 6) is 0.980. The number of nitrogens with two attached hydrogens (primary N) is 1. The van der Waals surface area contributed by atoms with Crippen molar-refractivity contribution in [3.8, 4) is 0 Å². The quantitative estimate of drug-likeness (QED) is 0.854. The molecule has 0 radical (unpaired) electrons. The molecule has 0 bridgehead atoms. The first kappa shape index (κ1) is 13.2. The smallest absolute Gasteiger partial charge is 0.147 e. The highest BCUT2D eigenvalue weighted by Crippen LogP contribution is 2.26. The Balaban J connectivity index is 2.08. The Morgan fingerprint density at radius 2 is 2.17 bits per heavy atom. The molecule has 102 valence electrons. The molecule has 5 heteroatoms. The van der Waals surface area contributed by atoms with Crippen LogP contribution in [0.25, 0.3) is 0 Å². The van der Waals surface area contributed by atoms with Crippen LogP contribution in [-0.2, 0) is 13.5 Å². The molecule has 0 amide bonds. The fraction of sp³-hybridized carbons (Fsp3) is 0.769. The largest absolute Gasteiger partial charge is 0.394 e. The first-order chi connectivity index (χ1) is 8.52. The molecule has 1 aromatic rings. The number of nitrogens with one attached hydrogen (secondary N) is 1. The normalized spacial score (nSPS) is 25.3. The predicted molar refractivity (Wildman–Crippen MR) is 75.7 cm³/mol. The van der Waals surface area contributed by atoms with Gasteiger partial charge in [0.25, 0.3) is 0 Å². The van der Waals surface area contributed by atoms with Gasteiger partial charge in [0.05, 0.1) is 11.4 Å². The summed E-state index contributed by atoms with van der Waals surface area (Å²) < 4.78 is 1.87. The van der Waals surface area contributed by atoms with Gasteiger partial charge in [-0.05, 0) is 33.2 Å². The zero-order chi connectivity index (χ0) is 13.3.